The summed E-state index contributed by atoms with van der Waals surface area (Å²) in [7, 11) is 3.12. The summed E-state index contributed by atoms with van der Waals surface area (Å²) in [5, 5.41) is 2.90. The van der Waals surface area contributed by atoms with Gasteiger partial charge >= 0.3 is 0 Å². The van der Waals surface area contributed by atoms with Gasteiger partial charge in [0.15, 0.2) is 11.5 Å². The zero-order valence-electron chi connectivity index (χ0n) is 18.0. The quantitative estimate of drug-likeness (QED) is 0.433. The first-order valence-electron chi connectivity index (χ1n) is 10.3. The highest BCUT2D eigenvalue weighted by Crippen LogP contribution is 2.29. The molecule has 6 nitrogen and oxygen atoms in total. The first-order valence-corrected chi connectivity index (χ1v) is 10.3. The number of methoxy groups -OCH3 is 2. The van der Waals surface area contributed by atoms with Crippen LogP contribution in [0.4, 0.5) is 10.1 Å². The van der Waals surface area contributed by atoms with Gasteiger partial charge in [-0.25, -0.2) is 9.37 Å². The number of aromatic nitrogens is 2. The number of amides is 1. The molecule has 0 aliphatic rings. The minimum absolute atomic E-state index is 0.122. The molecular formula is C25H24FN3O3. The Morgan fingerprint density at radius 3 is 2.50 bits per heavy atom. The summed E-state index contributed by atoms with van der Waals surface area (Å²) in [6.45, 7) is 0.468. The van der Waals surface area contributed by atoms with Crippen LogP contribution in [0, 0.1) is 5.82 Å². The normalized spacial score (nSPS) is 10.8. The van der Waals surface area contributed by atoms with Crippen LogP contribution in [0.1, 0.15) is 17.8 Å². The van der Waals surface area contributed by atoms with Gasteiger partial charge in [-0.05, 0) is 42.0 Å². The Morgan fingerprint density at radius 1 is 1.00 bits per heavy atom. The van der Waals surface area contributed by atoms with E-state index in [1.165, 1.54) is 12.1 Å². The van der Waals surface area contributed by atoms with Crippen molar-refractivity contribution < 1.29 is 18.7 Å². The third-order valence-electron chi connectivity index (χ3n) is 5.24. The molecule has 0 aliphatic heterocycles. The van der Waals surface area contributed by atoms with Gasteiger partial charge in [0.1, 0.15) is 11.6 Å². The van der Waals surface area contributed by atoms with Crippen LogP contribution >= 0.6 is 0 Å². The molecule has 0 spiro atoms. The molecule has 4 aromatic rings. The molecule has 0 aliphatic carbocycles. The fourth-order valence-electron chi connectivity index (χ4n) is 3.65. The summed E-state index contributed by atoms with van der Waals surface area (Å²) >= 11 is 0. The minimum Gasteiger partial charge on any atom is -0.493 e. The third-order valence-corrected chi connectivity index (χ3v) is 5.24. The van der Waals surface area contributed by atoms with E-state index in [-0.39, 0.29) is 18.1 Å². The number of para-hydroxylation sites is 2. The fourth-order valence-corrected chi connectivity index (χ4v) is 3.65. The molecule has 4 rings (SSSR count). The van der Waals surface area contributed by atoms with E-state index in [1.54, 1.807) is 44.6 Å². The van der Waals surface area contributed by atoms with Crippen LogP contribution in [0.3, 0.4) is 0 Å². The first-order chi connectivity index (χ1) is 15.6. The number of carbonyl (C=O) groups is 1. The zero-order valence-corrected chi connectivity index (χ0v) is 18.0. The van der Waals surface area contributed by atoms with Gasteiger partial charge in [-0.2, -0.15) is 0 Å². The van der Waals surface area contributed by atoms with E-state index < -0.39 is 0 Å². The zero-order chi connectivity index (χ0) is 22.5. The molecule has 1 amide bonds. The number of anilines is 1. The average Bonchev–Trinajstić information content (AvgIpc) is 3.16. The van der Waals surface area contributed by atoms with Gasteiger partial charge in [-0.3, -0.25) is 4.79 Å². The number of halogens is 1. The maximum absolute atomic E-state index is 13.3. The Bertz CT molecular complexity index is 1240. The standard InChI is InChI=1S/C25H24FN3O3/c1-31-22-12-11-19(16-23(22)32-2)27-25(30)13-14-29-21-6-4-3-5-20(21)28-24(29)15-17-7-9-18(26)10-8-17/h3-12,16H,13-15H2,1-2H3,(H,27,30). The summed E-state index contributed by atoms with van der Waals surface area (Å²) in [6, 6.07) is 19.5. The molecule has 0 radical (unpaired) electrons. The molecule has 1 heterocycles. The summed E-state index contributed by atoms with van der Waals surface area (Å²) in [5.41, 5.74) is 3.42. The molecule has 7 heteroatoms. The van der Waals surface area contributed by atoms with Gasteiger partial charge in [0, 0.05) is 31.1 Å². The monoisotopic (exact) mass is 433 g/mol. The lowest BCUT2D eigenvalue weighted by molar-refractivity contribution is -0.116. The number of nitrogens with one attached hydrogen (secondary N) is 1. The Labute approximate surface area is 185 Å². The molecule has 0 atom stereocenters. The molecule has 0 saturated carbocycles. The highest BCUT2D eigenvalue weighted by atomic mass is 19.1. The van der Waals surface area contributed by atoms with Crippen molar-refractivity contribution >= 4 is 22.6 Å². The van der Waals surface area contributed by atoms with Gasteiger partial charge in [-0.15, -0.1) is 0 Å². The van der Waals surface area contributed by atoms with Crippen molar-refractivity contribution in [2.75, 3.05) is 19.5 Å². The van der Waals surface area contributed by atoms with Crippen LogP contribution in [0.5, 0.6) is 11.5 Å². The minimum atomic E-state index is -0.269. The largest absolute Gasteiger partial charge is 0.493 e. The van der Waals surface area contributed by atoms with Crippen molar-refractivity contribution in [3.8, 4) is 11.5 Å². The van der Waals surface area contributed by atoms with Crippen molar-refractivity contribution in [2.24, 2.45) is 0 Å². The average molecular weight is 433 g/mol. The van der Waals surface area contributed by atoms with Gasteiger partial charge in [0.05, 0.1) is 25.3 Å². The number of nitrogens with zero attached hydrogens (tertiary/aromatic N) is 2. The van der Waals surface area contributed by atoms with Crippen molar-refractivity contribution in [1.82, 2.24) is 9.55 Å². The molecule has 3 aromatic carbocycles. The molecule has 0 unspecified atom stereocenters. The number of aryl methyl sites for hydroxylation is 1. The van der Waals surface area contributed by atoms with Crippen LogP contribution in [-0.4, -0.2) is 29.7 Å². The SMILES string of the molecule is COc1ccc(NC(=O)CCn2c(Cc3ccc(F)cc3)nc3ccccc32)cc1OC. The smallest absolute Gasteiger partial charge is 0.226 e. The molecule has 0 bridgehead atoms. The van der Waals surface area contributed by atoms with E-state index in [0.29, 0.717) is 30.2 Å². The Balaban J connectivity index is 1.51. The highest BCUT2D eigenvalue weighted by Gasteiger charge is 2.13. The van der Waals surface area contributed by atoms with Crippen LogP contribution in [0.25, 0.3) is 11.0 Å². The molecule has 1 N–H and O–H groups in total. The summed E-state index contributed by atoms with van der Waals surface area (Å²) in [5.74, 6) is 1.59. The highest BCUT2D eigenvalue weighted by molar-refractivity contribution is 5.91. The lowest BCUT2D eigenvalue weighted by atomic mass is 10.1. The number of rotatable bonds is 8. The van der Waals surface area contributed by atoms with Gasteiger partial charge in [0.25, 0.3) is 0 Å². The number of fused-ring (bicyclic) bond motifs is 1. The van der Waals surface area contributed by atoms with Crippen molar-refractivity contribution in [2.45, 2.75) is 19.4 Å². The van der Waals surface area contributed by atoms with Gasteiger partial charge < -0.3 is 19.4 Å². The number of carbonyl (C=O) groups excluding carboxylic acids is 1. The van der Waals surface area contributed by atoms with E-state index in [0.717, 1.165) is 22.4 Å². The summed E-state index contributed by atoms with van der Waals surface area (Å²) < 4.78 is 25.8. The van der Waals surface area contributed by atoms with E-state index in [1.807, 2.05) is 28.8 Å². The molecule has 0 saturated heterocycles. The second-order valence-corrected chi connectivity index (χ2v) is 7.34. The van der Waals surface area contributed by atoms with E-state index >= 15 is 0 Å². The second kappa shape index (κ2) is 9.51. The van der Waals surface area contributed by atoms with E-state index in [4.69, 9.17) is 14.5 Å². The van der Waals surface area contributed by atoms with Crippen LogP contribution in [0.2, 0.25) is 0 Å². The van der Waals surface area contributed by atoms with Crippen molar-refractivity contribution in [3.05, 3.63) is 83.9 Å². The Morgan fingerprint density at radius 2 is 1.75 bits per heavy atom. The second-order valence-electron chi connectivity index (χ2n) is 7.34. The Hall–Kier alpha value is -3.87. The summed E-state index contributed by atoms with van der Waals surface area (Å²) in [4.78, 5) is 17.4. The first kappa shape index (κ1) is 21.4. The molecule has 0 fully saturated rings. The number of benzene rings is 3. The maximum atomic E-state index is 13.3. The predicted molar refractivity (Wildman–Crippen MR) is 122 cm³/mol. The van der Waals surface area contributed by atoms with Gasteiger partial charge in [0.2, 0.25) is 5.91 Å². The summed E-state index contributed by atoms with van der Waals surface area (Å²) in [6.07, 6.45) is 0.817. The molecular weight excluding hydrogens is 409 g/mol. The molecule has 32 heavy (non-hydrogen) atoms. The van der Waals surface area contributed by atoms with Crippen LogP contribution in [0.15, 0.2) is 66.7 Å². The topological polar surface area (TPSA) is 65.4 Å². The fraction of sp³-hybridized carbons (Fsp3) is 0.200. The van der Waals surface area contributed by atoms with Crippen molar-refractivity contribution in [3.63, 3.8) is 0 Å². The number of ether oxygens (including phenoxy) is 2. The van der Waals surface area contributed by atoms with Crippen molar-refractivity contribution in [1.29, 1.82) is 0 Å². The number of imidazole rings is 1. The molecule has 1 aromatic heterocycles. The van der Waals surface area contributed by atoms with Crippen LogP contribution < -0.4 is 14.8 Å². The van der Waals surface area contributed by atoms with E-state index in [2.05, 4.69) is 5.32 Å². The Kier molecular flexibility index (Phi) is 6.35. The maximum Gasteiger partial charge on any atom is 0.226 e. The predicted octanol–water partition coefficient (Wildman–Crippen LogP) is 4.81. The van der Waals surface area contributed by atoms with E-state index in [9.17, 15) is 9.18 Å². The lowest BCUT2D eigenvalue weighted by Crippen LogP contribution is -2.16. The molecule has 164 valence electrons. The third kappa shape index (κ3) is 4.72. The number of hydrogen-bond donors (Lipinski definition) is 1. The number of hydrogen-bond acceptors (Lipinski definition) is 4. The lowest BCUT2D eigenvalue weighted by Gasteiger charge is -2.12. The van der Waals surface area contributed by atoms with Gasteiger partial charge in [-0.1, -0.05) is 24.3 Å². The van der Waals surface area contributed by atoms with Crippen LogP contribution in [-0.2, 0) is 17.8 Å².